The molecule has 0 radical (unpaired) electrons. The summed E-state index contributed by atoms with van der Waals surface area (Å²) in [5, 5.41) is 25.0. The van der Waals surface area contributed by atoms with Gasteiger partial charge in [0.25, 0.3) is 6.29 Å². The van der Waals surface area contributed by atoms with Crippen molar-refractivity contribution in [2.24, 2.45) is 5.28 Å². The molecule has 1 N–H and O–H groups in total. The first-order valence-corrected chi connectivity index (χ1v) is 6.68. The molecule has 0 spiro atoms. The molecule has 1 unspecified atom stereocenters. The number of aliphatic hydroxyl groups excluding tert-OH is 1. The maximum atomic E-state index is 11.7. The van der Waals surface area contributed by atoms with E-state index in [0.717, 1.165) is 0 Å². The highest BCUT2D eigenvalue weighted by Crippen LogP contribution is 2.10. The topological polar surface area (TPSA) is 107 Å². The average molecular weight is 307 g/mol. The number of hydrazine groups is 1. The highest BCUT2D eigenvalue weighted by molar-refractivity contribution is 5.60. The first-order valence-electron chi connectivity index (χ1n) is 6.68. The molecule has 9 heteroatoms. The second-order valence-corrected chi connectivity index (χ2v) is 5.57. The standard InChI is InChI=1S/C12H25N3O6/c1-9(2)14(7-8-16)15(18)13-21-10(3)19-11(17)20-12(4,5)6/h9-10,16H,7-8H2,1-6H3/b15-13-. The zero-order valence-corrected chi connectivity index (χ0v) is 13.4. The average Bonchev–Trinajstić information content (AvgIpc) is 2.30. The molecule has 0 saturated heterocycles. The first kappa shape index (κ1) is 19.2. The first-order chi connectivity index (χ1) is 9.56. The minimum atomic E-state index is -1.08. The Kier molecular flexibility index (Phi) is 7.79. The van der Waals surface area contributed by atoms with Gasteiger partial charge in [0.2, 0.25) is 5.28 Å². The van der Waals surface area contributed by atoms with Crippen LogP contribution in [0, 0.1) is 5.21 Å². The van der Waals surface area contributed by atoms with Crippen molar-refractivity contribution in [2.45, 2.75) is 59.5 Å². The molecule has 21 heavy (non-hydrogen) atoms. The Hall–Kier alpha value is -1.77. The zero-order chi connectivity index (χ0) is 16.6. The fraction of sp³-hybridized carbons (Fsp3) is 0.917. The van der Waals surface area contributed by atoms with Crippen molar-refractivity contribution in [1.82, 2.24) is 5.01 Å². The molecular formula is C12H25N3O6. The second-order valence-electron chi connectivity index (χ2n) is 5.57. The van der Waals surface area contributed by atoms with Gasteiger partial charge in [-0.2, -0.15) is 0 Å². The van der Waals surface area contributed by atoms with Gasteiger partial charge in [-0.3, -0.25) is 4.84 Å². The predicted octanol–water partition coefficient (Wildman–Crippen LogP) is 1.80. The molecule has 0 aliphatic heterocycles. The van der Waals surface area contributed by atoms with E-state index in [9.17, 15) is 10.0 Å². The largest absolute Gasteiger partial charge is 0.569 e. The normalized spacial score (nSPS) is 13.8. The maximum absolute atomic E-state index is 11.7. The van der Waals surface area contributed by atoms with Crippen LogP contribution in [0.2, 0.25) is 0 Å². The van der Waals surface area contributed by atoms with Crippen molar-refractivity contribution in [2.75, 3.05) is 13.2 Å². The molecule has 0 aromatic carbocycles. The van der Waals surface area contributed by atoms with Crippen LogP contribution < -0.4 is 0 Å². The highest BCUT2D eigenvalue weighted by atomic mass is 16.8. The fourth-order valence-electron chi connectivity index (χ4n) is 1.23. The molecule has 1 atom stereocenters. The summed E-state index contributed by atoms with van der Waals surface area (Å²) in [5.41, 5.74) is -0.686. The van der Waals surface area contributed by atoms with Crippen LogP contribution in [-0.2, 0) is 14.3 Å². The monoisotopic (exact) mass is 307 g/mol. The third kappa shape index (κ3) is 8.90. The Morgan fingerprint density at radius 3 is 2.38 bits per heavy atom. The predicted molar refractivity (Wildman–Crippen MR) is 72.8 cm³/mol. The Morgan fingerprint density at radius 1 is 1.38 bits per heavy atom. The lowest BCUT2D eigenvalue weighted by Gasteiger charge is -2.21. The van der Waals surface area contributed by atoms with Gasteiger partial charge in [0.05, 0.1) is 17.6 Å². The lowest BCUT2D eigenvalue weighted by Crippen LogP contribution is -2.39. The lowest BCUT2D eigenvalue weighted by atomic mass is 10.2. The van der Waals surface area contributed by atoms with E-state index >= 15 is 0 Å². The van der Waals surface area contributed by atoms with Gasteiger partial charge in [-0.25, -0.2) is 4.79 Å². The van der Waals surface area contributed by atoms with E-state index < -0.39 is 18.0 Å². The number of ether oxygens (including phenoxy) is 2. The van der Waals surface area contributed by atoms with Crippen molar-refractivity contribution in [1.29, 1.82) is 0 Å². The SMILES string of the molecule is CC(O/N=[N+](\[O-])N(CCO)C(C)C)OC(=O)OC(C)(C)C. The fourth-order valence-corrected chi connectivity index (χ4v) is 1.23. The molecule has 0 fully saturated rings. The zero-order valence-electron chi connectivity index (χ0n) is 13.4. The van der Waals surface area contributed by atoms with Crippen molar-refractivity contribution in [3.8, 4) is 0 Å². The van der Waals surface area contributed by atoms with Crippen LogP contribution in [0.4, 0.5) is 4.79 Å². The lowest BCUT2D eigenvalue weighted by molar-refractivity contribution is -0.719. The number of hydrogen-bond acceptors (Lipinski definition) is 7. The Bertz CT molecular complexity index is 353. The molecule has 0 aromatic heterocycles. The molecule has 0 heterocycles. The number of rotatable bonds is 7. The smallest absolute Gasteiger partial charge is 0.511 e. The van der Waals surface area contributed by atoms with Crippen LogP contribution in [0.25, 0.3) is 0 Å². The van der Waals surface area contributed by atoms with E-state index in [1.807, 2.05) is 0 Å². The molecule has 0 aliphatic rings. The van der Waals surface area contributed by atoms with Gasteiger partial charge in [-0.15, -0.1) is 5.01 Å². The summed E-state index contributed by atoms with van der Waals surface area (Å²) in [6.07, 6.45) is -2.00. The number of aliphatic hydroxyl groups is 1. The summed E-state index contributed by atoms with van der Waals surface area (Å²) < 4.78 is 9.69. The molecular weight excluding hydrogens is 282 g/mol. The van der Waals surface area contributed by atoms with E-state index in [0.29, 0.717) is 0 Å². The molecule has 0 aliphatic carbocycles. The third-order valence-electron chi connectivity index (χ3n) is 2.06. The molecule has 0 aromatic rings. The number of nitrogens with zero attached hydrogens (tertiary/aromatic N) is 3. The summed E-state index contributed by atoms with van der Waals surface area (Å²) in [7, 11) is 0. The van der Waals surface area contributed by atoms with E-state index in [1.165, 1.54) is 11.9 Å². The van der Waals surface area contributed by atoms with E-state index in [2.05, 4.69) is 5.28 Å². The molecule has 124 valence electrons. The minimum Gasteiger partial charge on any atom is -0.569 e. The van der Waals surface area contributed by atoms with E-state index in [-0.39, 0.29) is 24.2 Å². The van der Waals surface area contributed by atoms with Crippen LogP contribution in [0.1, 0.15) is 41.5 Å². The summed E-state index contributed by atoms with van der Waals surface area (Å²) in [4.78, 5) is 16.3. The van der Waals surface area contributed by atoms with Gasteiger partial charge in [0, 0.05) is 6.92 Å². The minimum absolute atomic E-state index is 0.106. The number of carbonyl (C=O) groups excluding carboxylic acids is 1. The Labute approximate surface area is 124 Å². The molecule has 0 saturated carbocycles. The molecule has 0 amide bonds. The molecule has 0 rings (SSSR count). The van der Waals surface area contributed by atoms with Gasteiger partial charge in [0.1, 0.15) is 12.1 Å². The van der Waals surface area contributed by atoms with Crippen molar-refractivity contribution >= 4 is 6.16 Å². The summed E-state index contributed by atoms with van der Waals surface area (Å²) in [6, 6.07) is -0.177. The van der Waals surface area contributed by atoms with E-state index in [1.54, 1.807) is 34.6 Å². The Morgan fingerprint density at radius 2 is 1.95 bits per heavy atom. The third-order valence-corrected chi connectivity index (χ3v) is 2.06. The summed E-state index contributed by atoms with van der Waals surface area (Å²) in [6.45, 7) is 9.91. The van der Waals surface area contributed by atoms with Crippen LogP contribution >= 0.6 is 0 Å². The summed E-state index contributed by atoms with van der Waals surface area (Å²) in [5.74, 6) is 0. The van der Waals surface area contributed by atoms with Gasteiger partial charge in [-0.1, -0.05) is 0 Å². The van der Waals surface area contributed by atoms with Gasteiger partial charge < -0.3 is 19.8 Å². The van der Waals surface area contributed by atoms with Gasteiger partial charge in [-0.05, 0) is 34.6 Å². The molecule has 0 bridgehead atoms. The second kappa shape index (κ2) is 8.50. The van der Waals surface area contributed by atoms with E-state index in [4.69, 9.17) is 19.4 Å². The van der Waals surface area contributed by atoms with Crippen molar-refractivity contribution < 1.29 is 29.2 Å². The van der Waals surface area contributed by atoms with Crippen LogP contribution in [0.15, 0.2) is 5.28 Å². The number of carbonyl (C=O) groups is 1. The van der Waals surface area contributed by atoms with Gasteiger partial charge >= 0.3 is 6.16 Å². The van der Waals surface area contributed by atoms with Crippen molar-refractivity contribution in [3.05, 3.63) is 5.21 Å². The van der Waals surface area contributed by atoms with Gasteiger partial charge in [0.15, 0.2) is 0 Å². The number of hydrogen-bond donors (Lipinski definition) is 1. The summed E-state index contributed by atoms with van der Waals surface area (Å²) >= 11 is 0. The van der Waals surface area contributed by atoms with Crippen molar-refractivity contribution in [3.63, 3.8) is 0 Å². The maximum Gasteiger partial charge on any atom is 0.511 e. The Balaban J connectivity index is 4.41. The van der Waals surface area contributed by atoms with Crippen LogP contribution in [0.3, 0.4) is 0 Å². The van der Waals surface area contributed by atoms with Crippen LogP contribution in [0.5, 0.6) is 0 Å². The highest BCUT2D eigenvalue weighted by Gasteiger charge is 2.21. The van der Waals surface area contributed by atoms with Crippen LogP contribution in [-0.4, -0.2) is 52.3 Å². The quantitative estimate of drug-likeness (QED) is 0.251. The molecule has 9 nitrogen and oxygen atoms in total.